The van der Waals surface area contributed by atoms with Crippen molar-refractivity contribution in [1.82, 2.24) is 5.32 Å². The number of ether oxygens (including phenoxy) is 1. The molecule has 0 aliphatic carbocycles. The number of esters is 1. The summed E-state index contributed by atoms with van der Waals surface area (Å²) in [5, 5.41) is 3.10. The van der Waals surface area contributed by atoms with Crippen LogP contribution in [0.5, 0.6) is 0 Å². The molecule has 4 heteroatoms. The van der Waals surface area contributed by atoms with E-state index in [0.717, 1.165) is 5.56 Å². The van der Waals surface area contributed by atoms with Crippen LogP contribution in [-0.4, -0.2) is 25.2 Å². The Morgan fingerprint density at radius 2 is 2.18 bits per heavy atom. The number of benzene rings is 1. The fourth-order valence-corrected chi connectivity index (χ4v) is 1.75. The molecule has 1 N–H and O–H groups in total. The molecule has 2 atom stereocenters. The third kappa shape index (κ3) is 4.53. The Balaban J connectivity index is 2.49. The first-order valence-corrected chi connectivity index (χ1v) is 5.61. The van der Waals surface area contributed by atoms with E-state index in [0.29, 0.717) is 6.42 Å². The molecule has 0 bridgehead atoms. The van der Waals surface area contributed by atoms with Crippen LogP contribution in [0.25, 0.3) is 0 Å². The van der Waals surface area contributed by atoms with E-state index in [1.807, 2.05) is 13.0 Å². The zero-order valence-corrected chi connectivity index (χ0v) is 10.4. The number of methoxy groups -OCH3 is 1. The van der Waals surface area contributed by atoms with Crippen LogP contribution in [0.2, 0.25) is 0 Å². The zero-order valence-electron chi connectivity index (χ0n) is 10.4. The van der Waals surface area contributed by atoms with Gasteiger partial charge in [0.1, 0.15) is 11.9 Å². The minimum absolute atomic E-state index is 0.0749. The van der Waals surface area contributed by atoms with Gasteiger partial charge in [-0.2, -0.15) is 0 Å². The highest BCUT2D eigenvalue weighted by Crippen LogP contribution is 2.06. The van der Waals surface area contributed by atoms with Gasteiger partial charge in [-0.15, -0.1) is 0 Å². The van der Waals surface area contributed by atoms with Gasteiger partial charge in [-0.05, 0) is 38.0 Å². The molecule has 0 saturated carbocycles. The van der Waals surface area contributed by atoms with Crippen LogP contribution in [0, 0.1) is 5.82 Å². The fraction of sp³-hybridized carbons (Fsp3) is 0.462. The van der Waals surface area contributed by atoms with Crippen LogP contribution in [-0.2, 0) is 16.0 Å². The van der Waals surface area contributed by atoms with Crippen LogP contribution in [0.3, 0.4) is 0 Å². The van der Waals surface area contributed by atoms with Gasteiger partial charge < -0.3 is 10.1 Å². The fourth-order valence-electron chi connectivity index (χ4n) is 1.75. The van der Waals surface area contributed by atoms with Crippen molar-refractivity contribution in [2.75, 3.05) is 7.11 Å². The van der Waals surface area contributed by atoms with Crippen LogP contribution in [0.15, 0.2) is 24.3 Å². The lowest BCUT2D eigenvalue weighted by Crippen LogP contribution is -2.41. The second kappa shape index (κ2) is 6.35. The van der Waals surface area contributed by atoms with Crippen LogP contribution < -0.4 is 5.32 Å². The monoisotopic (exact) mass is 239 g/mol. The molecule has 1 aromatic carbocycles. The Morgan fingerprint density at radius 3 is 2.76 bits per heavy atom. The number of carbonyl (C=O) groups excluding carboxylic acids is 1. The van der Waals surface area contributed by atoms with E-state index >= 15 is 0 Å². The van der Waals surface area contributed by atoms with E-state index in [9.17, 15) is 9.18 Å². The van der Waals surface area contributed by atoms with E-state index in [1.165, 1.54) is 19.2 Å². The molecular formula is C13H18FNO2. The van der Waals surface area contributed by atoms with Gasteiger partial charge in [0.2, 0.25) is 0 Å². The van der Waals surface area contributed by atoms with E-state index < -0.39 is 0 Å². The summed E-state index contributed by atoms with van der Waals surface area (Å²) in [5.74, 6) is -0.535. The lowest BCUT2D eigenvalue weighted by Gasteiger charge is -2.18. The van der Waals surface area contributed by atoms with Gasteiger partial charge in [-0.25, -0.2) is 4.39 Å². The predicted octanol–water partition coefficient (Wildman–Crippen LogP) is 1.91. The van der Waals surface area contributed by atoms with Crippen LogP contribution in [0.4, 0.5) is 4.39 Å². The van der Waals surface area contributed by atoms with Crippen molar-refractivity contribution in [2.45, 2.75) is 32.4 Å². The summed E-state index contributed by atoms with van der Waals surface area (Å²) in [6.07, 6.45) is 0.666. The molecule has 0 saturated heterocycles. The Labute approximate surface area is 101 Å². The van der Waals surface area contributed by atoms with Crippen molar-refractivity contribution >= 4 is 5.97 Å². The number of nitrogens with one attached hydrogen (secondary N) is 1. The Hall–Kier alpha value is -1.42. The van der Waals surface area contributed by atoms with E-state index in [4.69, 9.17) is 0 Å². The molecule has 0 radical (unpaired) electrons. The molecule has 0 aromatic heterocycles. The van der Waals surface area contributed by atoms with E-state index in [2.05, 4.69) is 10.1 Å². The van der Waals surface area contributed by atoms with Gasteiger partial charge >= 0.3 is 5.97 Å². The molecule has 2 unspecified atom stereocenters. The molecule has 1 aromatic rings. The summed E-state index contributed by atoms with van der Waals surface area (Å²) in [6.45, 7) is 3.69. The molecular weight excluding hydrogens is 221 g/mol. The van der Waals surface area contributed by atoms with Crippen molar-refractivity contribution in [1.29, 1.82) is 0 Å². The zero-order chi connectivity index (χ0) is 12.8. The number of halogens is 1. The average Bonchev–Trinajstić information content (AvgIpc) is 2.27. The minimum Gasteiger partial charge on any atom is -0.468 e. The molecule has 0 heterocycles. The molecule has 0 spiro atoms. The smallest absolute Gasteiger partial charge is 0.322 e. The number of hydrogen-bond donors (Lipinski definition) is 1. The van der Waals surface area contributed by atoms with Gasteiger partial charge in [-0.1, -0.05) is 12.1 Å². The highest BCUT2D eigenvalue weighted by atomic mass is 19.1. The summed E-state index contributed by atoms with van der Waals surface area (Å²) in [5.41, 5.74) is 0.905. The first kappa shape index (κ1) is 13.6. The standard InChI is InChI=1S/C13H18FNO2/c1-9(15-10(2)13(16)17-3)7-11-5-4-6-12(14)8-11/h4-6,8-10,15H,7H2,1-3H3. The van der Waals surface area contributed by atoms with Crippen molar-refractivity contribution < 1.29 is 13.9 Å². The summed E-state index contributed by atoms with van der Waals surface area (Å²) in [6, 6.07) is 6.18. The van der Waals surface area contributed by atoms with Gasteiger partial charge in [0.05, 0.1) is 7.11 Å². The molecule has 0 aliphatic heterocycles. The first-order chi connectivity index (χ1) is 8.02. The molecule has 0 fully saturated rings. The normalized spacial score (nSPS) is 14.1. The number of hydrogen-bond acceptors (Lipinski definition) is 3. The van der Waals surface area contributed by atoms with E-state index in [-0.39, 0.29) is 23.9 Å². The average molecular weight is 239 g/mol. The van der Waals surface area contributed by atoms with Crippen molar-refractivity contribution in [3.8, 4) is 0 Å². The van der Waals surface area contributed by atoms with E-state index in [1.54, 1.807) is 13.0 Å². The number of rotatable bonds is 5. The molecule has 17 heavy (non-hydrogen) atoms. The van der Waals surface area contributed by atoms with Gasteiger partial charge in [0.25, 0.3) is 0 Å². The Kier molecular flexibility index (Phi) is 5.10. The summed E-state index contributed by atoms with van der Waals surface area (Å²) < 4.78 is 17.6. The van der Waals surface area contributed by atoms with Crippen molar-refractivity contribution in [3.05, 3.63) is 35.6 Å². The predicted molar refractivity (Wildman–Crippen MR) is 64.2 cm³/mol. The van der Waals surface area contributed by atoms with Gasteiger partial charge in [0.15, 0.2) is 0 Å². The lowest BCUT2D eigenvalue weighted by molar-refractivity contribution is -0.142. The van der Waals surface area contributed by atoms with Gasteiger partial charge in [0, 0.05) is 6.04 Å². The number of carbonyl (C=O) groups is 1. The second-order valence-electron chi connectivity index (χ2n) is 4.15. The third-order valence-corrected chi connectivity index (χ3v) is 2.52. The maximum absolute atomic E-state index is 13.0. The highest BCUT2D eigenvalue weighted by molar-refractivity contribution is 5.75. The largest absolute Gasteiger partial charge is 0.468 e. The van der Waals surface area contributed by atoms with Gasteiger partial charge in [-0.3, -0.25) is 4.79 Å². The van der Waals surface area contributed by atoms with Crippen LogP contribution in [0.1, 0.15) is 19.4 Å². The topological polar surface area (TPSA) is 38.3 Å². The van der Waals surface area contributed by atoms with Crippen LogP contribution >= 0.6 is 0 Å². The summed E-state index contributed by atoms with van der Waals surface area (Å²) in [4.78, 5) is 11.2. The molecule has 94 valence electrons. The SMILES string of the molecule is COC(=O)C(C)NC(C)Cc1cccc(F)c1. The maximum atomic E-state index is 13.0. The first-order valence-electron chi connectivity index (χ1n) is 5.61. The molecule has 0 amide bonds. The molecule has 0 aliphatic rings. The summed E-state index contributed by atoms with van der Waals surface area (Å²) in [7, 11) is 1.36. The maximum Gasteiger partial charge on any atom is 0.322 e. The quantitative estimate of drug-likeness (QED) is 0.798. The van der Waals surface area contributed by atoms with Crippen molar-refractivity contribution in [2.24, 2.45) is 0 Å². The highest BCUT2D eigenvalue weighted by Gasteiger charge is 2.15. The summed E-state index contributed by atoms with van der Waals surface area (Å²) >= 11 is 0. The molecule has 3 nitrogen and oxygen atoms in total. The Bertz CT molecular complexity index is 381. The Morgan fingerprint density at radius 1 is 1.47 bits per heavy atom. The van der Waals surface area contributed by atoms with Crippen molar-refractivity contribution in [3.63, 3.8) is 0 Å². The minimum atomic E-state index is -0.358. The molecule has 1 rings (SSSR count). The second-order valence-corrected chi connectivity index (χ2v) is 4.15. The third-order valence-electron chi connectivity index (χ3n) is 2.52. The lowest BCUT2D eigenvalue weighted by atomic mass is 10.1.